The van der Waals surface area contributed by atoms with Crippen molar-refractivity contribution in [3.8, 4) is 17.6 Å². The van der Waals surface area contributed by atoms with Crippen LogP contribution in [0, 0.1) is 17.2 Å². The Bertz CT molecular complexity index is 566. The van der Waals surface area contributed by atoms with Gasteiger partial charge in [-0.25, -0.2) is 0 Å². The highest BCUT2D eigenvalue weighted by atomic mass is 16.5. The lowest BCUT2D eigenvalue weighted by molar-refractivity contribution is -0.124. The Morgan fingerprint density at radius 2 is 2.14 bits per heavy atom. The summed E-state index contributed by atoms with van der Waals surface area (Å²) in [5.41, 5.74) is 0.490. The van der Waals surface area contributed by atoms with Crippen molar-refractivity contribution < 1.29 is 14.3 Å². The second-order valence-electron chi connectivity index (χ2n) is 5.70. The van der Waals surface area contributed by atoms with Gasteiger partial charge >= 0.3 is 0 Å². The van der Waals surface area contributed by atoms with E-state index in [1.165, 1.54) is 20.0 Å². The van der Waals surface area contributed by atoms with E-state index in [2.05, 4.69) is 12.2 Å². The van der Waals surface area contributed by atoms with Crippen molar-refractivity contribution in [1.82, 2.24) is 5.32 Å². The number of hydrogen-bond donors (Lipinski definition) is 1. The van der Waals surface area contributed by atoms with Gasteiger partial charge in [0.15, 0.2) is 18.1 Å². The monoisotopic (exact) mass is 302 g/mol. The van der Waals surface area contributed by atoms with Crippen LogP contribution in [-0.2, 0) is 4.79 Å². The van der Waals surface area contributed by atoms with Crippen LogP contribution in [0.2, 0.25) is 0 Å². The molecule has 5 heteroatoms. The lowest BCUT2D eigenvalue weighted by Gasteiger charge is -2.29. The summed E-state index contributed by atoms with van der Waals surface area (Å²) in [6, 6.07) is 7.16. The van der Waals surface area contributed by atoms with Gasteiger partial charge in [-0.2, -0.15) is 5.26 Å². The molecular weight excluding hydrogens is 280 g/mol. The number of ether oxygens (including phenoxy) is 2. The number of benzene rings is 1. The fraction of sp³-hybridized carbons (Fsp3) is 0.529. The van der Waals surface area contributed by atoms with E-state index in [1.54, 1.807) is 18.2 Å². The molecule has 0 aliphatic heterocycles. The van der Waals surface area contributed by atoms with Gasteiger partial charge in [0.2, 0.25) is 0 Å². The van der Waals surface area contributed by atoms with Gasteiger partial charge in [0.05, 0.1) is 18.7 Å². The number of carbonyl (C=O) groups is 1. The Labute approximate surface area is 131 Å². The third-order valence-corrected chi connectivity index (χ3v) is 4.11. The predicted octanol–water partition coefficient (Wildman–Crippen LogP) is 2.64. The van der Waals surface area contributed by atoms with E-state index in [1.807, 2.05) is 6.07 Å². The highest BCUT2D eigenvalue weighted by Gasteiger charge is 2.22. The second-order valence-corrected chi connectivity index (χ2v) is 5.70. The molecule has 1 aliphatic carbocycles. The van der Waals surface area contributed by atoms with Crippen LogP contribution in [0.4, 0.5) is 0 Å². The Balaban J connectivity index is 1.89. The largest absolute Gasteiger partial charge is 0.493 e. The van der Waals surface area contributed by atoms with Crippen LogP contribution in [0.1, 0.15) is 38.2 Å². The van der Waals surface area contributed by atoms with Crippen molar-refractivity contribution in [2.24, 2.45) is 5.92 Å². The molecule has 2 atom stereocenters. The lowest BCUT2D eigenvalue weighted by atomic mass is 9.86. The Morgan fingerprint density at radius 3 is 2.82 bits per heavy atom. The molecule has 1 fully saturated rings. The molecule has 0 aromatic heterocycles. The second kappa shape index (κ2) is 7.69. The van der Waals surface area contributed by atoms with E-state index < -0.39 is 0 Å². The van der Waals surface area contributed by atoms with Gasteiger partial charge in [0, 0.05) is 12.1 Å². The fourth-order valence-electron chi connectivity index (χ4n) is 2.78. The Hall–Kier alpha value is -2.22. The molecule has 0 bridgehead atoms. The number of nitrogens with one attached hydrogen (secondary N) is 1. The molecule has 1 N–H and O–H groups in total. The third-order valence-electron chi connectivity index (χ3n) is 4.11. The SMILES string of the molecule is COc1cc(C#N)ccc1OCC(=O)N[C@@H]1CCCC[C@@H]1C. The van der Waals surface area contributed by atoms with Crippen molar-refractivity contribution in [2.75, 3.05) is 13.7 Å². The molecule has 1 aromatic rings. The fourth-order valence-corrected chi connectivity index (χ4v) is 2.78. The molecule has 0 spiro atoms. The smallest absolute Gasteiger partial charge is 0.258 e. The molecule has 0 radical (unpaired) electrons. The normalized spacial score (nSPS) is 20.8. The summed E-state index contributed by atoms with van der Waals surface area (Å²) in [5, 5.41) is 11.9. The maximum atomic E-state index is 12.0. The number of hydrogen-bond acceptors (Lipinski definition) is 4. The lowest BCUT2D eigenvalue weighted by Crippen LogP contribution is -2.43. The van der Waals surface area contributed by atoms with Crippen molar-refractivity contribution in [2.45, 2.75) is 38.6 Å². The topological polar surface area (TPSA) is 71.3 Å². The first kappa shape index (κ1) is 16.2. The number of carbonyl (C=O) groups excluding carboxylic acids is 1. The first-order valence-electron chi connectivity index (χ1n) is 7.64. The van der Waals surface area contributed by atoms with Gasteiger partial charge in [-0.3, -0.25) is 4.79 Å². The third kappa shape index (κ3) is 4.14. The molecule has 5 nitrogen and oxygen atoms in total. The van der Waals surface area contributed by atoms with E-state index in [4.69, 9.17) is 14.7 Å². The van der Waals surface area contributed by atoms with Gasteiger partial charge in [-0.1, -0.05) is 19.8 Å². The highest BCUT2D eigenvalue weighted by Crippen LogP contribution is 2.28. The molecule has 1 aromatic carbocycles. The predicted molar refractivity (Wildman–Crippen MR) is 82.8 cm³/mol. The quantitative estimate of drug-likeness (QED) is 0.907. The molecule has 0 heterocycles. The van der Waals surface area contributed by atoms with Crippen LogP contribution in [0.5, 0.6) is 11.5 Å². The zero-order valence-electron chi connectivity index (χ0n) is 13.1. The summed E-state index contributed by atoms with van der Waals surface area (Å²) in [4.78, 5) is 12.0. The number of methoxy groups -OCH3 is 1. The first-order valence-corrected chi connectivity index (χ1v) is 7.64. The highest BCUT2D eigenvalue weighted by molar-refractivity contribution is 5.78. The molecule has 1 saturated carbocycles. The summed E-state index contributed by atoms with van der Waals surface area (Å²) in [5.74, 6) is 1.32. The van der Waals surface area contributed by atoms with E-state index in [9.17, 15) is 4.79 Å². The zero-order valence-corrected chi connectivity index (χ0v) is 13.1. The van der Waals surface area contributed by atoms with E-state index in [0.29, 0.717) is 23.0 Å². The van der Waals surface area contributed by atoms with Gasteiger partial charge in [0.25, 0.3) is 5.91 Å². The molecule has 2 rings (SSSR count). The molecule has 0 unspecified atom stereocenters. The number of nitriles is 1. The molecule has 0 saturated heterocycles. The minimum atomic E-state index is -0.120. The molecular formula is C17H22N2O3. The van der Waals surface area contributed by atoms with Crippen LogP contribution < -0.4 is 14.8 Å². The summed E-state index contributed by atoms with van der Waals surface area (Å²) < 4.78 is 10.7. The summed E-state index contributed by atoms with van der Waals surface area (Å²) >= 11 is 0. The van der Waals surface area contributed by atoms with Crippen LogP contribution >= 0.6 is 0 Å². The van der Waals surface area contributed by atoms with Crippen molar-refractivity contribution >= 4 is 5.91 Å². The average Bonchev–Trinajstić information content (AvgIpc) is 2.55. The standard InChI is InChI=1S/C17H22N2O3/c1-12-5-3-4-6-14(12)19-17(20)11-22-15-8-7-13(10-18)9-16(15)21-2/h7-9,12,14H,3-6,11H2,1-2H3,(H,19,20)/t12-,14+/m0/s1. The van der Waals surface area contributed by atoms with E-state index in [0.717, 1.165) is 12.8 Å². The number of amides is 1. The Kier molecular flexibility index (Phi) is 5.65. The van der Waals surface area contributed by atoms with E-state index in [-0.39, 0.29) is 18.6 Å². The van der Waals surface area contributed by atoms with Gasteiger partial charge in [-0.15, -0.1) is 0 Å². The molecule has 1 amide bonds. The zero-order chi connectivity index (χ0) is 15.9. The van der Waals surface area contributed by atoms with Gasteiger partial charge in [0.1, 0.15) is 0 Å². The number of rotatable bonds is 5. The minimum Gasteiger partial charge on any atom is -0.493 e. The van der Waals surface area contributed by atoms with Crippen LogP contribution in [0.15, 0.2) is 18.2 Å². The average molecular weight is 302 g/mol. The van der Waals surface area contributed by atoms with Gasteiger partial charge in [-0.05, 0) is 30.9 Å². The van der Waals surface area contributed by atoms with Crippen LogP contribution in [-0.4, -0.2) is 25.7 Å². The Morgan fingerprint density at radius 1 is 1.36 bits per heavy atom. The van der Waals surface area contributed by atoms with Crippen molar-refractivity contribution in [1.29, 1.82) is 5.26 Å². The van der Waals surface area contributed by atoms with Crippen molar-refractivity contribution in [3.05, 3.63) is 23.8 Å². The summed E-state index contributed by atoms with van der Waals surface area (Å²) in [7, 11) is 1.51. The minimum absolute atomic E-state index is 0.0501. The molecule has 22 heavy (non-hydrogen) atoms. The van der Waals surface area contributed by atoms with E-state index >= 15 is 0 Å². The maximum absolute atomic E-state index is 12.0. The molecule has 1 aliphatic rings. The van der Waals surface area contributed by atoms with Gasteiger partial charge < -0.3 is 14.8 Å². The first-order chi connectivity index (χ1) is 10.6. The molecule has 118 valence electrons. The van der Waals surface area contributed by atoms with Crippen LogP contribution in [0.25, 0.3) is 0 Å². The summed E-state index contributed by atoms with van der Waals surface area (Å²) in [6.07, 6.45) is 4.61. The maximum Gasteiger partial charge on any atom is 0.258 e. The number of nitrogens with zero attached hydrogens (tertiary/aromatic N) is 1. The van der Waals surface area contributed by atoms with Crippen LogP contribution in [0.3, 0.4) is 0 Å². The van der Waals surface area contributed by atoms with Crippen molar-refractivity contribution in [3.63, 3.8) is 0 Å². The summed E-state index contributed by atoms with van der Waals surface area (Å²) in [6.45, 7) is 2.13.